The van der Waals surface area contributed by atoms with Crippen molar-refractivity contribution in [3.8, 4) is 0 Å². The number of hydrogen-bond donors (Lipinski definition) is 0. The molecule has 1 aliphatic rings. The van der Waals surface area contributed by atoms with Crippen molar-refractivity contribution in [2.45, 2.75) is 26.9 Å². The lowest BCUT2D eigenvalue weighted by atomic mass is 10.2. The summed E-state index contributed by atoms with van der Waals surface area (Å²) < 4.78 is 5.26. The highest BCUT2D eigenvalue weighted by Gasteiger charge is 2.08. The average Bonchev–Trinajstić information content (AvgIpc) is 2.55. The third-order valence-electron chi connectivity index (χ3n) is 1.59. The standard InChI is InChI=1S/C7H8OS.C2H6/c1-3-8-5-7-6(1)2-4-9-7;1-2/h2,4H,1,3,5H2;1-2H3. The molecule has 0 saturated carbocycles. The molecule has 11 heavy (non-hydrogen) atoms. The van der Waals surface area contributed by atoms with Crippen molar-refractivity contribution < 1.29 is 4.74 Å². The van der Waals surface area contributed by atoms with Crippen LogP contribution in [-0.4, -0.2) is 6.61 Å². The van der Waals surface area contributed by atoms with Crippen molar-refractivity contribution >= 4 is 11.3 Å². The second-order valence-electron chi connectivity index (χ2n) is 2.17. The minimum Gasteiger partial charge on any atom is -0.376 e. The summed E-state index contributed by atoms with van der Waals surface area (Å²) in [5.74, 6) is 0. The Kier molecular flexibility index (Phi) is 3.60. The van der Waals surface area contributed by atoms with Crippen LogP contribution in [0, 0.1) is 0 Å². The maximum Gasteiger partial charge on any atom is 0.0812 e. The SMILES string of the molecule is CC.c1cc2c(s1)COCC2. The van der Waals surface area contributed by atoms with Gasteiger partial charge in [-0.25, -0.2) is 0 Å². The Hall–Kier alpha value is -0.340. The average molecular weight is 170 g/mol. The van der Waals surface area contributed by atoms with Crippen molar-refractivity contribution in [1.82, 2.24) is 0 Å². The molecular weight excluding hydrogens is 156 g/mol. The smallest absolute Gasteiger partial charge is 0.0812 e. The third-order valence-corrected chi connectivity index (χ3v) is 2.52. The first-order valence-corrected chi connectivity index (χ1v) is 4.98. The van der Waals surface area contributed by atoms with Crippen molar-refractivity contribution in [3.05, 3.63) is 21.9 Å². The molecule has 0 N–H and O–H groups in total. The van der Waals surface area contributed by atoms with E-state index < -0.39 is 0 Å². The molecule has 0 fully saturated rings. The lowest BCUT2D eigenvalue weighted by Gasteiger charge is -2.10. The minimum absolute atomic E-state index is 0.840. The highest BCUT2D eigenvalue weighted by Crippen LogP contribution is 2.21. The van der Waals surface area contributed by atoms with Gasteiger partial charge in [0.25, 0.3) is 0 Å². The molecule has 62 valence electrons. The van der Waals surface area contributed by atoms with E-state index in [4.69, 9.17) is 4.74 Å². The maximum absolute atomic E-state index is 5.26. The Morgan fingerprint density at radius 1 is 1.45 bits per heavy atom. The largest absolute Gasteiger partial charge is 0.376 e. The van der Waals surface area contributed by atoms with E-state index in [1.807, 2.05) is 13.8 Å². The van der Waals surface area contributed by atoms with Gasteiger partial charge in [-0.3, -0.25) is 0 Å². The molecule has 1 aliphatic heterocycles. The van der Waals surface area contributed by atoms with Crippen LogP contribution in [0.1, 0.15) is 24.3 Å². The molecule has 0 saturated heterocycles. The molecule has 0 aliphatic carbocycles. The lowest BCUT2D eigenvalue weighted by molar-refractivity contribution is 0.113. The lowest BCUT2D eigenvalue weighted by Crippen LogP contribution is -2.05. The number of thiophene rings is 1. The second kappa shape index (κ2) is 4.52. The molecule has 0 spiro atoms. The van der Waals surface area contributed by atoms with Crippen LogP contribution < -0.4 is 0 Å². The Bertz CT molecular complexity index is 185. The summed E-state index contributed by atoms with van der Waals surface area (Å²) >= 11 is 1.80. The molecule has 2 heterocycles. The van der Waals surface area contributed by atoms with E-state index in [-0.39, 0.29) is 0 Å². The Labute approximate surface area is 72.0 Å². The van der Waals surface area contributed by atoms with Gasteiger partial charge in [-0.15, -0.1) is 11.3 Å². The molecular formula is C9H14OS. The summed E-state index contributed by atoms with van der Waals surface area (Å²) in [7, 11) is 0. The fraction of sp³-hybridized carbons (Fsp3) is 0.556. The van der Waals surface area contributed by atoms with E-state index in [1.54, 1.807) is 11.3 Å². The van der Waals surface area contributed by atoms with Crippen molar-refractivity contribution in [2.75, 3.05) is 6.61 Å². The number of rotatable bonds is 0. The van der Waals surface area contributed by atoms with E-state index in [0.717, 1.165) is 19.6 Å². The van der Waals surface area contributed by atoms with Crippen molar-refractivity contribution in [3.63, 3.8) is 0 Å². The van der Waals surface area contributed by atoms with Crippen LogP contribution in [0.5, 0.6) is 0 Å². The normalized spacial score (nSPS) is 14.7. The molecule has 2 rings (SSSR count). The van der Waals surface area contributed by atoms with Crippen LogP contribution in [0.3, 0.4) is 0 Å². The van der Waals surface area contributed by atoms with Crippen molar-refractivity contribution in [1.29, 1.82) is 0 Å². The van der Waals surface area contributed by atoms with Gasteiger partial charge in [0.15, 0.2) is 0 Å². The van der Waals surface area contributed by atoms with Crippen LogP contribution >= 0.6 is 11.3 Å². The van der Waals surface area contributed by atoms with Gasteiger partial charge in [0.2, 0.25) is 0 Å². The molecule has 0 bridgehead atoms. The zero-order chi connectivity index (χ0) is 8.10. The predicted molar refractivity (Wildman–Crippen MR) is 49.0 cm³/mol. The van der Waals surface area contributed by atoms with Gasteiger partial charge in [0.1, 0.15) is 0 Å². The number of ether oxygens (including phenoxy) is 1. The van der Waals surface area contributed by atoms with E-state index in [0.29, 0.717) is 0 Å². The molecule has 0 unspecified atom stereocenters. The molecule has 2 heteroatoms. The van der Waals surface area contributed by atoms with Gasteiger partial charge in [-0.1, -0.05) is 13.8 Å². The molecule has 0 aromatic carbocycles. The molecule has 0 radical (unpaired) electrons. The molecule has 0 amide bonds. The van der Waals surface area contributed by atoms with E-state index in [2.05, 4.69) is 11.4 Å². The van der Waals surface area contributed by atoms with Crippen molar-refractivity contribution in [2.24, 2.45) is 0 Å². The van der Waals surface area contributed by atoms with Crippen LogP contribution in [0.4, 0.5) is 0 Å². The monoisotopic (exact) mass is 170 g/mol. The van der Waals surface area contributed by atoms with E-state index >= 15 is 0 Å². The Morgan fingerprint density at radius 3 is 3.00 bits per heavy atom. The van der Waals surface area contributed by atoms with Crippen LogP contribution in [0.25, 0.3) is 0 Å². The zero-order valence-corrected chi connectivity index (χ0v) is 7.91. The topological polar surface area (TPSA) is 9.23 Å². The summed E-state index contributed by atoms with van der Waals surface area (Å²) in [5.41, 5.74) is 1.49. The molecule has 1 aromatic heterocycles. The molecule has 1 aromatic rings. The Balaban J connectivity index is 0.000000281. The van der Waals surface area contributed by atoms with Crippen LogP contribution in [0.2, 0.25) is 0 Å². The molecule has 0 atom stereocenters. The zero-order valence-electron chi connectivity index (χ0n) is 7.09. The minimum atomic E-state index is 0.840. The first-order chi connectivity index (χ1) is 5.47. The molecule has 1 nitrogen and oxygen atoms in total. The van der Waals surface area contributed by atoms with Gasteiger partial charge < -0.3 is 4.74 Å². The van der Waals surface area contributed by atoms with Crippen LogP contribution in [-0.2, 0) is 17.8 Å². The maximum atomic E-state index is 5.26. The third kappa shape index (κ3) is 2.04. The number of fused-ring (bicyclic) bond motifs is 1. The van der Waals surface area contributed by atoms with Gasteiger partial charge in [0.05, 0.1) is 13.2 Å². The summed E-state index contributed by atoms with van der Waals surface area (Å²) in [6, 6.07) is 2.20. The van der Waals surface area contributed by atoms with Gasteiger partial charge in [0, 0.05) is 4.88 Å². The summed E-state index contributed by atoms with van der Waals surface area (Å²) in [6.07, 6.45) is 1.11. The fourth-order valence-corrected chi connectivity index (χ4v) is 1.93. The number of hydrogen-bond acceptors (Lipinski definition) is 2. The summed E-state index contributed by atoms with van der Waals surface area (Å²) in [4.78, 5) is 1.42. The highest BCUT2D eigenvalue weighted by molar-refractivity contribution is 7.10. The summed E-state index contributed by atoms with van der Waals surface area (Å²) in [5, 5.41) is 2.14. The van der Waals surface area contributed by atoms with Crippen LogP contribution in [0.15, 0.2) is 11.4 Å². The Morgan fingerprint density at radius 2 is 2.27 bits per heavy atom. The van der Waals surface area contributed by atoms with Gasteiger partial charge >= 0.3 is 0 Å². The van der Waals surface area contributed by atoms with E-state index in [9.17, 15) is 0 Å². The first-order valence-electron chi connectivity index (χ1n) is 4.10. The van der Waals surface area contributed by atoms with Gasteiger partial charge in [-0.2, -0.15) is 0 Å². The summed E-state index contributed by atoms with van der Waals surface area (Å²) in [6.45, 7) is 5.75. The second-order valence-corrected chi connectivity index (χ2v) is 3.17. The first kappa shape index (κ1) is 8.75. The fourth-order valence-electron chi connectivity index (χ4n) is 1.06. The highest BCUT2D eigenvalue weighted by atomic mass is 32.1. The predicted octanol–water partition coefficient (Wildman–Crippen LogP) is 2.85. The van der Waals surface area contributed by atoms with Gasteiger partial charge in [-0.05, 0) is 23.4 Å². The van der Waals surface area contributed by atoms with E-state index in [1.165, 1.54) is 10.4 Å². The quantitative estimate of drug-likeness (QED) is 0.581.